The van der Waals surface area contributed by atoms with Crippen molar-refractivity contribution >= 4 is 70.2 Å². The van der Waals surface area contributed by atoms with Gasteiger partial charge >= 0.3 is 17.9 Å². The number of amides is 7. The Morgan fingerprint density at radius 2 is 1.07 bits per heavy atom. The molecule has 7 amide bonds. The Balaban J connectivity index is 2.41. The molecular weight excluding hydrogens is 929 g/mol. The predicted molar refractivity (Wildman–Crippen MR) is 259 cm³/mol. The fourth-order valence-corrected chi connectivity index (χ4v) is 7.50. The number of hydrogen-bond donors (Lipinski definition) is 14. The lowest BCUT2D eigenvalue weighted by molar-refractivity contribution is -0.143. The minimum absolute atomic E-state index is 0.0213. The topological polar surface area (TPSA) is 404 Å². The van der Waals surface area contributed by atoms with E-state index < -0.39 is 139 Å². The summed E-state index contributed by atoms with van der Waals surface area (Å²) in [7, 11) is 0. The van der Waals surface area contributed by atoms with E-state index in [1.54, 1.807) is 53.8 Å². The van der Waals surface area contributed by atoms with E-state index in [0.29, 0.717) is 18.4 Å². The van der Waals surface area contributed by atoms with Crippen LogP contribution >= 0.6 is 0 Å². The largest absolute Gasteiger partial charge is 0.481 e. The lowest BCUT2D eigenvalue weighted by Gasteiger charge is -2.30. The van der Waals surface area contributed by atoms with Crippen LogP contribution in [0.4, 0.5) is 0 Å². The highest BCUT2D eigenvalue weighted by Crippen LogP contribution is 2.20. The number of H-pyrrole nitrogens is 1. The first-order valence-corrected chi connectivity index (χ1v) is 23.7. The molecule has 2 aromatic rings. The van der Waals surface area contributed by atoms with E-state index in [1.165, 1.54) is 0 Å². The highest BCUT2D eigenvalue weighted by Gasteiger charge is 2.37. The van der Waals surface area contributed by atoms with E-state index in [0.717, 1.165) is 17.8 Å². The third-order valence-corrected chi connectivity index (χ3v) is 11.3. The molecule has 9 atom stereocenters. The van der Waals surface area contributed by atoms with Gasteiger partial charge in [0.05, 0.1) is 18.6 Å². The van der Waals surface area contributed by atoms with Crippen molar-refractivity contribution in [3.63, 3.8) is 0 Å². The molecule has 16 N–H and O–H groups in total. The maximum Gasteiger partial charge on any atom is 0.326 e. The second kappa shape index (κ2) is 29.5. The maximum absolute atomic E-state index is 14.2. The number of para-hydroxylation sites is 1. The Labute approximate surface area is 412 Å². The Bertz CT molecular complexity index is 2160. The number of carboxylic acids is 3. The molecule has 24 nitrogen and oxygen atoms in total. The number of hydrogen-bond acceptors (Lipinski definition) is 13. The molecule has 0 aliphatic heterocycles. The number of fused-ring (bicyclic) bond motifs is 1. The highest BCUT2D eigenvalue weighted by molar-refractivity contribution is 5.98. The number of carbonyl (C=O) groups is 10. The molecule has 0 radical (unpaired) electrons. The van der Waals surface area contributed by atoms with Crippen LogP contribution in [-0.4, -0.2) is 146 Å². The summed E-state index contributed by atoms with van der Waals surface area (Å²) >= 11 is 0. The molecule has 2 rings (SSSR count). The number of benzene rings is 1. The van der Waals surface area contributed by atoms with Crippen LogP contribution in [0.5, 0.6) is 0 Å². The van der Waals surface area contributed by atoms with Crippen molar-refractivity contribution in [2.24, 2.45) is 29.2 Å². The summed E-state index contributed by atoms with van der Waals surface area (Å²) in [5.41, 5.74) is 12.8. The number of nitrogens with one attached hydrogen (secondary N) is 8. The van der Waals surface area contributed by atoms with Gasteiger partial charge in [0.1, 0.15) is 42.3 Å². The number of carbonyl (C=O) groups excluding carboxylic acids is 7. The summed E-state index contributed by atoms with van der Waals surface area (Å²) in [6, 6.07) is -4.34. The lowest BCUT2D eigenvalue weighted by Crippen LogP contribution is -2.62. The summed E-state index contributed by atoms with van der Waals surface area (Å²) in [6.45, 7) is 11.8. The van der Waals surface area contributed by atoms with Crippen LogP contribution in [0, 0.1) is 17.8 Å². The van der Waals surface area contributed by atoms with Crippen LogP contribution in [0.1, 0.15) is 105 Å². The van der Waals surface area contributed by atoms with Crippen LogP contribution in [0.2, 0.25) is 0 Å². The zero-order valence-electron chi connectivity index (χ0n) is 41.4. The third-order valence-electron chi connectivity index (χ3n) is 11.3. The fraction of sp³-hybridized carbons (Fsp3) is 0.617. The summed E-state index contributed by atoms with van der Waals surface area (Å²) < 4.78 is 0. The van der Waals surface area contributed by atoms with Crippen molar-refractivity contribution in [3.05, 3.63) is 36.0 Å². The normalized spacial score (nSPS) is 15.2. The van der Waals surface area contributed by atoms with Gasteiger partial charge < -0.3 is 74.1 Å². The van der Waals surface area contributed by atoms with Crippen LogP contribution in [-0.2, 0) is 54.4 Å². The molecule has 0 fully saturated rings. The van der Waals surface area contributed by atoms with Gasteiger partial charge in [-0.25, -0.2) is 4.79 Å². The minimum Gasteiger partial charge on any atom is -0.481 e. The maximum atomic E-state index is 14.2. The molecule has 0 saturated carbocycles. The summed E-state index contributed by atoms with van der Waals surface area (Å²) in [6.07, 6.45) is -1.10. The number of carboxylic acid groups (broad SMARTS) is 3. The highest BCUT2D eigenvalue weighted by atomic mass is 16.4. The molecule has 0 aliphatic rings. The van der Waals surface area contributed by atoms with E-state index in [9.17, 15) is 63.3 Å². The van der Waals surface area contributed by atoms with Crippen molar-refractivity contribution < 1.29 is 68.4 Å². The van der Waals surface area contributed by atoms with Gasteiger partial charge in [0.15, 0.2) is 0 Å². The summed E-state index contributed by atoms with van der Waals surface area (Å²) in [5, 5.41) is 57.1. The van der Waals surface area contributed by atoms with E-state index in [1.807, 2.05) is 18.2 Å². The quantitative estimate of drug-likeness (QED) is 0.0396. The lowest BCUT2D eigenvalue weighted by atomic mass is 9.98. The van der Waals surface area contributed by atoms with Gasteiger partial charge in [0.25, 0.3) is 0 Å². The number of aliphatic hydroxyl groups is 1. The fourth-order valence-electron chi connectivity index (χ4n) is 7.50. The van der Waals surface area contributed by atoms with Gasteiger partial charge in [-0.15, -0.1) is 0 Å². The molecule has 396 valence electrons. The van der Waals surface area contributed by atoms with Crippen LogP contribution in [0.3, 0.4) is 0 Å². The average Bonchev–Trinajstić information content (AvgIpc) is 3.68. The van der Waals surface area contributed by atoms with Crippen molar-refractivity contribution in [2.75, 3.05) is 6.54 Å². The van der Waals surface area contributed by atoms with Crippen LogP contribution < -0.4 is 48.7 Å². The molecule has 71 heavy (non-hydrogen) atoms. The number of aliphatic carboxylic acids is 3. The molecule has 1 aromatic heterocycles. The molecule has 1 heterocycles. The van der Waals surface area contributed by atoms with Crippen molar-refractivity contribution in [1.82, 2.24) is 42.2 Å². The number of aliphatic hydroxyl groups excluding tert-OH is 1. The Kier molecular flexibility index (Phi) is 25.1. The number of unbranched alkanes of at least 4 members (excludes halogenated alkanes) is 1. The third kappa shape index (κ3) is 20.7. The molecule has 0 aliphatic carbocycles. The first kappa shape index (κ1) is 60.5. The minimum atomic E-state index is -1.79. The molecule has 0 spiro atoms. The van der Waals surface area contributed by atoms with Crippen molar-refractivity contribution in [2.45, 2.75) is 161 Å². The standard InChI is InChI=1S/C47H74N10O14/c1-23(2)18-33(53-46(69)39(26(7)58)57-42(65)32(15-16-36(59)60)51-40(63)29(49)21-37(61)62)43(66)52-31(14-10-11-17-48)41(64)56-38(25(5)6)45(68)54-34(44(67)55-35(47(70)71)19-24(3)4)20-27-22-50-30-13-9-8-12-28(27)30/h8-9,12-13,22-26,29,31-35,38-39,50,58H,10-11,14-21,48-49H2,1-7H3,(H,51,63)(H,52,66)(H,53,69)(H,54,68)(H,55,67)(H,56,64)(H,57,65)(H,59,60)(H,61,62)(H,70,71)/t26-,29+,31+,32+,33+,34+,35+,38+,39+/m1/s1. The zero-order chi connectivity index (χ0) is 53.7. The van der Waals surface area contributed by atoms with E-state index in [-0.39, 0.29) is 44.1 Å². The smallest absolute Gasteiger partial charge is 0.326 e. The monoisotopic (exact) mass is 1000 g/mol. The van der Waals surface area contributed by atoms with Gasteiger partial charge in [-0.05, 0) is 81.4 Å². The summed E-state index contributed by atoms with van der Waals surface area (Å²) in [4.78, 5) is 134. The molecule has 0 unspecified atom stereocenters. The van der Waals surface area contributed by atoms with Crippen molar-refractivity contribution in [3.8, 4) is 0 Å². The van der Waals surface area contributed by atoms with Crippen LogP contribution in [0.25, 0.3) is 10.9 Å². The van der Waals surface area contributed by atoms with E-state index in [4.69, 9.17) is 16.6 Å². The van der Waals surface area contributed by atoms with Gasteiger partial charge in [0, 0.05) is 29.9 Å². The number of rotatable bonds is 32. The van der Waals surface area contributed by atoms with Gasteiger partial charge in [-0.3, -0.25) is 43.2 Å². The van der Waals surface area contributed by atoms with Crippen molar-refractivity contribution in [1.29, 1.82) is 0 Å². The van der Waals surface area contributed by atoms with Crippen LogP contribution in [0.15, 0.2) is 30.5 Å². The zero-order valence-corrected chi connectivity index (χ0v) is 41.4. The summed E-state index contributed by atoms with van der Waals surface area (Å²) in [5.74, 6) is -11.5. The Hall–Kier alpha value is -6.66. The molecule has 0 saturated heterocycles. The SMILES string of the molecule is CC(C)C[C@H](NC(=O)[C@H](Cc1c[nH]c2ccccc12)NC(=O)[C@@H](NC(=O)[C@H](CCCCN)NC(=O)[C@H](CC(C)C)NC(=O)[C@@H](NC(=O)[C@H](CCC(=O)O)NC(=O)[C@@H](N)CC(=O)O)[C@@H](C)O)C(C)C)C(=O)O. The van der Waals surface area contributed by atoms with Gasteiger partial charge in [-0.2, -0.15) is 0 Å². The second-order valence-corrected chi connectivity index (χ2v) is 18.8. The Morgan fingerprint density at radius 3 is 1.62 bits per heavy atom. The predicted octanol–water partition coefficient (Wildman–Crippen LogP) is -0.887. The molecule has 1 aromatic carbocycles. The first-order chi connectivity index (χ1) is 33.2. The molecule has 0 bridgehead atoms. The van der Waals surface area contributed by atoms with E-state index >= 15 is 0 Å². The average molecular weight is 1000 g/mol. The number of aromatic amines is 1. The van der Waals surface area contributed by atoms with Gasteiger partial charge in [-0.1, -0.05) is 59.7 Å². The first-order valence-electron chi connectivity index (χ1n) is 23.7. The Morgan fingerprint density at radius 1 is 0.577 bits per heavy atom. The number of nitrogens with two attached hydrogens (primary N) is 2. The molecular formula is C47H74N10O14. The number of aromatic nitrogens is 1. The molecule has 24 heteroatoms. The second-order valence-electron chi connectivity index (χ2n) is 18.8. The van der Waals surface area contributed by atoms with E-state index in [2.05, 4.69) is 42.2 Å². The van der Waals surface area contributed by atoms with Gasteiger partial charge in [0.2, 0.25) is 41.4 Å².